The molecular weight excluding hydrogens is 663 g/mol. The SMILES string of the molecule is CC1(C)c2ccccc2-c2c1ccc1c2c2c(c3sc4c(-c5nc(-c6ccccc6)nc(-c6ccccc6)n5)cccc4c31)C(C)(C)c1ccccc1-2. The monoisotopic (exact) mass is 697 g/mol. The third-order valence-electron chi connectivity index (χ3n) is 11.9. The van der Waals surface area contributed by atoms with Crippen molar-refractivity contribution in [2.24, 2.45) is 0 Å². The fraction of sp³-hybridized carbons (Fsp3) is 0.122. The number of hydrogen-bond donors (Lipinski definition) is 0. The van der Waals surface area contributed by atoms with Gasteiger partial charge in [-0.05, 0) is 61.3 Å². The molecule has 0 atom stereocenters. The highest BCUT2D eigenvalue weighted by molar-refractivity contribution is 7.26. The third kappa shape index (κ3) is 4.13. The number of benzene rings is 7. The van der Waals surface area contributed by atoms with Crippen molar-refractivity contribution in [1.29, 1.82) is 0 Å². The average Bonchev–Trinajstić information content (AvgIpc) is 3.78. The summed E-state index contributed by atoms with van der Waals surface area (Å²) in [6.45, 7) is 9.60. The summed E-state index contributed by atoms with van der Waals surface area (Å²) in [5.41, 5.74) is 13.8. The van der Waals surface area contributed by atoms with E-state index in [0.29, 0.717) is 17.5 Å². The van der Waals surface area contributed by atoms with Crippen LogP contribution in [0.25, 0.3) is 87.4 Å². The first-order chi connectivity index (χ1) is 25.8. The van der Waals surface area contributed by atoms with Crippen LogP contribution in [0.3, 0.4) is 0 Å². The van der Waals surface area contributed by atoms with Crippen LogP contribution in [0.5, 0.6) is 0 Å². The number of hydrogen-bond acceptors (Lipinski definition) is 4. The molecule has 0 saturated carbocycles. The molecule has 252 valence electrons. The molecule has 9 aromatic rings. The Morgan fingerprint density at radius 2 is 0.943 bits per heavy atom. The van der Waals surface area contributed by atoms with E-state index in [-0.39, 0.29) is 10.8 Å². The van der Waals surface area contributed by atoms with E-state index in [1.165, 1.54) is 75.5 Å². The van der Waals surface area contributed by atoms with Crippen LogP contribution in [0.4, 0.5) is 0 Å². The van der Waals surface area contributed by atoms with Gasteiger partial charge in [0.05, 0.1) is 0 Å². The van der Waals surface area contributed by atoms with Crippen molar-refractivity contribution < 1.29 is 0 Å². The van der Waals surface area contributed by atoms with Gasteiger partial charge in [0.1, 0.15) is 0 Å². The lowest BCUT2D eigenvalue weighted by molar-refractivity contribution is 0.661. The molecule has 0 N–H and O–H groups in total. The first-order valence-electron chi connectivity index (χ1n) is 18.4. The van der Waals surface area contributed by atoms with Crippen LogP contribution in [0.2, 0.25) is 0 Å². The quantitative estimate of drug-likeness (QED) is 0.184. The van der Waals surface area contributed by atoms with E-state index in [1.807, 2.05) is 47.7 Å². The van der Waals surface area contributed by atoms with Gasteiger partial charge >= 0.3 is 0 Å². The minimum Gasteiger partial charge on any atom is -0.208 e. The summed E-state index contributed by atoms with van der Waals surface area (Å²) in [7, 11) is 0. The molecule has 0 bridgehead atoms. The molecule has 0 saturated heterocycles. The van der Waals surface area contributed by atoms with E-state index in [9.17, 15) is 0 Å². The van der Waals surface area contributed by atoms with Crippen LogP contribution in [0, 0.1) is 0 Å². The second kappa shape index (κ2) is 10.8. The van der Waals surface area contributed by atoms with Crippen molar-refractivity contribution in [3.63, 3.8) is 0 Å². The molecular formula is C49H35N3S. The molecule has 0 spiro atoms. The zero-order valence-electron chi connectivity index (χ0n) is 30.0. The summed E-state index contributed by atoms with van der Waals surface area (Å²) in [6.07, 6.45) is 0. The van der Waals surface area contributed by atoms with Gasteiger partial charge in [-0.1, -0.05) is 161 Å². The number of nitrogens with zero attached hydrogens (tertiary/aromatic N) is 3. The van der Waals surface area contributed by atoms with Crippen LogP contribution in [-0.4, -0.2) is 15.0 Å². The fourth-order valence-corrected chi connectivity index (χ4v) is 10.9. The lowest BCUT2D eigenvalue weighted by Gasteiger charge is -2.24. The minimum atomic E-state index is -0.191. The Hall–Kier alpha value is -5.97. The average molecular weight is 698 g/mol. The van der Waals surface area contributed by atoms with E-state index < -0.39 is 0 Å². The third-order valence-corrected chi connectivity index (χ3v) is 13.2. The van der Waals surface area contributed by atoms with E-state index in [0.717, 1.165) is 16.7 Å². The van der Waals surface area contributed by atoms with E-state index in [2.05, 4.69) is 131 Å². The van der Waals surface area contributed by atoms with Gasteiger partial charge in [-0.15, -0.1) is 11.3 Å². The molecule has 0 amide bonds. The predicted octanol–water partition coefficient (Wildman–Crippen LogP) is 13.0. The lowest BCUT2D eigenvalue weighted by atomic mass is 9.79. The summed E-state index contributed by atoms with van der Waals surface area (Å²) < 4.78 is 2.55. The van der Waals surface area contributed by atoms with E-state index in [1.54, 1.807) is 0 Å². The van der Waals surface area contributed by atoms with Gasteiger partial charge in [0.2, 0.25) is 0 Å². The Bertz CT molecular complexity index is 2930. The summed E-state index contributed by atoms with van der Waals surface area (Å²) in [5.74, 6) is 2.04. The summed E-state index contributed by atoms with van der Waals surface area (Å²) in [5, 5.41) is 5.26. The van der Waals surface area contributed by atoms with Crippen molar-refractivity contribution in [3.8, 4) is 56.4 Å². The molecule has 0 aliphatic heterocycles. The first kappa shape index (κ1) is 30.6. The van der Waals surface area contributed by atoms with Crippen LogP contribution >= 0.6 is 11.3 Å². The van der Waals surface area contributed by atoms with Gasteiger partial charge < -0.3 is 0 Å². The maximum atomic E-state index is 5.19. The molecule has 2 heterocycles. The topological polar surface area (TPSA) is 38.7 Å². The van der Waals surface area contributed by atoms with Crippen molar-refractivity contribution in [3.05, 3.63) is 162 Å². The summed E-state index contributed by atoms with van der Waals surface area (Å²) in [6, 6.07) is 50.1. The van der Waals surface area contributed by atoms with Crippen LogP contribution < -0.4 is 0 Å². The molecule has 0 radical (unpaired) electrons. The van der Waals surface area contributed by atoms with Crippen LogP contribution in [-0.2, 0) is 10.8 Å². The first-order valence-corrected chi connectivity index (χ1v) is 19.2. The Labute approximate surface area is 312 Å². The zero-order valence-corrected chi connectivity index (χ0v) is 30.8. The molecule has 11 rings (SSSR count). The molecule has 7 aromatic carbocycles. The van der Waals surface area contributed by atoms with Crippen LogP contribution in [0.15, 0.2) is 140 Å². The second-order valence-electron chi connectivity index (χ2n) is 15.5. The summed E-state index contributed by atoms with van der Waals surface area (Å²) in [4.78, 5) is 15.4. The van der Waals surface area contributed by atoms with Crippen molar-refractivity contribution in [2.75, 3.05) is 0 Å². The normalized spacial score (nSPS) is 14.7. The smallest absolute Gasteiger partial charge is 0.165 e. The molecule has 4 heteroatoms. The van der Waals surface area contributed by atoms with E-state index >= 15 is 0 Å². The minimum absolute atomic E-state index is 0.0922. The number of fused-ring (bicyclic) bond motifs is 14. The largest absolute Gasteiger partial charge is 0.208 e. The van der Waals surface area contributed by atoms with Gasteiger partial charge in [-0.25, -0.2) is 15.0 Å². The van der Waals surface area contributed by atoms with Gasteiger partial charge in [0.15, 0.2) is 17.5 Å². The number of thiophene rings is 1. The highest BCUT2D eigenvalue weighted by Crippen LogP contribution is 2.61. The molecule has 0 fully saturated rings. The van der Waals surface area contributed by atoms with Crippen molar-refractivity contribution in [2.45, 2.75) is 38.5 Å². The van der Waals surface area contributed by atoms with E-state index in [4.69, 9.17) is 15.0 Å². The maximum Gasteiger partial charge on any atom is 0.165 e. The molecule has 2 aromatic heterocycles. The van der Waals surface area contributed by atoms with Crippen molar-refractivity contribution >= 4 is 42.3 Å². The van der Waals surface area contributed by atoms with Gasteiger partial charge in [0.25, 0.3) is 0 Å². The summed E-state index contributed by atoms with van der Waals surface area (Å²) >= 11 is 1.90. The fourth-order valence-electron chi connectivity index (χ4n) is 9.42. The number of rotatable bonds is 3. The Balaban J connectivity index is 1.28. The van der Waals surface area contributed by atoms with Gasteiger partial charge in [-0.2, -0.15) is 0 Å². The zero-order chi connectivity index (χ0) is 35.6. The number of aromatic nitrogens is 3. The van der Waals surface area contributed by atoms with Crippen LogP contribution in [0.1, 0.15) is 49.9 Å². The standard InChI is InChI=1S/C49H35N3S/c1-48(2)35-24-13-11-20-30(35)39-37(48)27-26-32-38-33-22-15-23-34(43(33)53-44(38)42-41(40(32)39)31-21-12-14-25-36(31)49(42,3)4)47-51-45(28-16-7-5-8-17-28)50-46(52-47)29-18-9-6-10-19-29/h5-27H,1-4H3. The Morgan fingerprint density at radius 1 is 0.396 bits per heavy atom. The highest BCUT2D eigenvalue weighted by Gasteiger charge is 2.43. The molecule has 2 aliphatic rings. The molecule has 2 aliphatic carbocycles. The Kier molecular flexibility index (Phi) is 6.23. The molecule has 53 heavy (non-hydrogen) atoms. The van der Waals surface area contributed by atoms with Crippen molar-refractivity contribution in [1.82, 2.24) is 15.0 Å². The molecule has 0 unspecified atom stereocenters. The Morgan fingerprint density at radius 3 is 1.60 bits per heavy atom. The second-order valence-corrected chi connectivity index (χ2v) is 16.5. The van der Waals surface area contributed by atoms with Gasteiger partial charge in [0, 0.05) is 47.7 Å². The van der Waals surface area contributed by atoms with Gasteiger partial charge in [-0.3, -0.25) is 0 Å². The highest BCUT2D eigenvalue weighted by atomic mass is 32.1. The lowest BCUT2D eigenvalue weighted by Crippen LogP contribution is -2.15. The predicted molar refractivity (Wildman–Crippen MR) is 222 cm³/mol. The maximum absolute atomic E-state index is 5.19. The molecule has 3 nitrogen and oxygen atoms in total.